The van der Waals surface area contributed by atoms with E-state index < -0.39 is 0 Å². The lowest BCUT2D eigenvalue weighted by Gasteiger charge is -2.32. The van der Waals surface area contributed by atoms with Gasteiger partial charge in [-0.25, -0.2) is 9.78 Å². The molecule has 2 aromatic carbocycles. The number of nitrogens with zero attached hydrogens (tertiary/aromatic N) is 4. The number of aliphatic hydroxyl groups excluding tert-OH is 1. The summed E-state index contributed by atoms with van der Waals surface area (Å²) in [6.07, 6.45) is 6.03. The molecule has 2 aromatic heterocycles. The molecule has 44 heavy (non-hydrogen) atoms. The maximum absolute atomic E-state index is 13.2. The highest BCUT2D eigenvalue weighted by molar-refractivity contribution is 6.04. The normalized spacial score (nSPS) is 14.8. The molecule has 0 spiro atoms. The van der Waals surface area contributed by atoms with Crippen molar-refractivity contribution in [3.05, 3.63) is 84.2 Å². The second-order valence-corrected chi connectivity index (χ2v) is 11.4. The van der Waals surface area contributed by atoms with E-state index in [2.05, 4.69) is 43.6 Å². The minimum absolute atomic E-state index is 0.192. The summed E-state index contributed by atoms with van der Waals surface area (Å²) in [6.45, 7) is 5.78. The Morgan fingerprint density at radius 2 is 1.82 bits per heavy atom. The quantitative estimate of drug-likeness (QED) is 0.203. The van der Waals surface area contributed by atoms with Crippen molar-refractivity contribution in [1.29, 1.82) is 0 Å². The van der Waals surface area contributed by atoms with Gasteiger partial charge in [0.25, 0.3) is 5.91 Å². The van der Waals surface area contributed by atoms with Crippen LogP contribution in [-0.2, 0) is 4.74 Å². The number of piperidine rings is 1. The molecule has 3 N–H and O–H groups in total. The number of fused-ring (bicyclic) bond motifs is 1. The van der Waals surface area contributed by atoms with Crippen LogP contribution in [0.5, 0.6) is 0 Å². The van der Waals surface area contributed by atoms with Crippen molar-refractivity contribution >= 4 is 40.0 Å². The van der Waals surface area contributed by atoms with Gasteiger partial charge in [0.05, 0.1) is 11.6 Å². The Labute approximate surface area is 258 Å². The van der Waals surface area contributed by atoms with Crippen LogP contribution in [0.25, 0.3) is 10.9 Å². The molecular formula is C34H42N6O4. The monoisotopic (exact) mass is 598 g/mol. The van der Waals surface area contributed by atoms with Gasteiger partial charge in [0.2, 0.25) is 0 Å². The first-order valence-electron chi connectivity index (χ1n) is 15.2. The van der Waals surface area contributed by atoms with Crippen molar-refractivity contribution < 1.29 is 19.4 Å². The molecule has 2 amide bonds. The number of ether oxygens (including phenoxy) is 1. The van der Waals surface area contributed by atoms with Gasteiger partial charge in [-0.2, -0.15) is 0 Å². The number of amides is 2. The van der Waals surface area contributed by atoms with Crippen LogP contribution in [0.1, 0.15) is 48.0 Å². The fourth-order valence-corrected chi connectivity index (χ4v) is 5.94. The molecule has 1 atom stereocenters. The number of anilines is 3. The summed E-state index contributed by atoms with van der Waals surface area (Å²) < 4.78 is 6.90. The van der Waals surface area contributed by atoms with Gasteiger partial charge in [-0.15, -0.1) is 0 Å². The lowest BCUT2D eigenvalue weighted by atomic mass is 9.89. The first-order chi connectivity index (χ1) is 21.4. The van der Waals surface area contributed by atoms with Crippen LogP contribution in [0.3, 0.4) is 0 Å². The maximum Gasteiger partial charge on any atom is 0.325 e. The van der Waals surface area contributed by atoms with Crippen LogP contribution in [0.2, 0.25) is 0 Å². The Morgan fingerprint density at radius 1 is 1.07 bits per heavy atom. The zero-order valence-electron chi connectivity index (χ0n) is 25.7. The molecule has 1 saturated heterocycles. The summed E-state index contributed by atoms with van der Waals surface area (Å²) in [4.78, 5) is 34.3. The highest BCUT2D eigenvalue weighted by Crippen LogP contribution is 2.31. The van der Waals surface area contributed by atoms with E-state index in [0.717, 1.165) is 54.6 Å². The third kappa shape index (κ3) is 7.45. The summed E-state index contributed by atoms with van der Waals surface area (Å²) >= 11 is 0. The number of hydrogen-bond acceptors (Lipinski definition) is 7. The van der Waals surface area contributed by atoms with E-state index in [4.69, 9.17) is 4.74 Å². The van der Waals surface area contributed by atoms with Gasteiger partial charge < -0.3 is 30.3 Å². The topological polar surface area (TPSA) is 112 Å². The average Bonchev–Trinajstić information content (AvgIpc) is 3.46. The van der Waals surface area contributed by atoms with Gasteiger partial charge in [0, 0.05) is 74.6 Å². The number of β-amino-alcohol motifs (C(OH)–C–C–N with tert-alkyl or cyclic N) is 1. The smallest absolute Gasteiger partial charge is 0.325 e. The van der Waals surface area contributed by atoms with Crippen molar-refractivity contribution in [2.75, 3.05) is 57.2 Å². The molecule has 5 rings (SSSR count). The third-order valence-electron chi connectivity index (χ3n) is 8.20. The predicted molar refractivity (Wildman–Crippen MR) is 174 cm³/mol. The van der Waals surface area contributed by atoms with Crippen molar-refractivity contribution in [3.63, 3.8) is 0 Å². The molecular weight excluding hydrogens is 556 g/mol. The number of benzene rings is 2. The Morgan fingerprint density at radius 3 is 2.52 bits per heavy atom. The number of pyridine rings is 1. The van der Waals surface area contributed by atoms with E-state index in [1.54, 1.807) is 31.1 Å². The van der Waals surface area contributed by atoms with Gasteiger partial charge in [0.15, 0.2) is 0 Å². The Balaban J connectivity index is 1.29. The van der Waals surface area contributed by atoms with Crippen LogP contribution in [-0.4, -0.2) is 84.5 Å². The van der Waals surface area contributed by atoms with E-state index in [1.165, 1.54) is 5.56 Å². The highest BCUT2D eigenvalue weighted by Gasteiger charge is 2.22. The number of hydrogen-bond donors (Lipinski definition) is 3. The molecule has 3 heterocycles. The Hall–Kier alpha value is -4.25. The Kier molecular flexibility index (Phi) is 10.3. The molecule has 0 aliphatic carbocycles. The second kappa shape index (κ2) is 14.5. The van der Waals surface area contributed by atoms with Gasteiger partial charge in [0.1, 0.15) is 5.82 Å². The summed E-state index contributed by atoms with van der Waals surface area (Å²) in [5.74, 6) is 0.711. The lowest BCUT2D eigenvalue weighted by molar-refractivity contribution is 0.102. The van der Waals surface area contributed by atoms with Gasteiger partial charge >= 0.3 is 6.03 Å². The first kappa shape index (κ1) is 31.2. The molecule has 4 aromatic rings. The molecule has 0 radical (unpaired) electrons. The summed E-state index contributed by atoms with van der Waals surface area (Å²) in [7, 11) is 3.30. The van der Waals surface area contributed by atoms with Crippen LogP contribution < -0.4 is 15.5 Å². The molecule has 10 nitrogen and oxygen atoms in total. The van der Waals surface area contributed by atoms with Crippen molar-refractivity contribution in [2.24, 2.45) is 0 Å². The van der Waals surface area contributed by atoms with Gasteiger partial charge in [-0.05, 0) is 93.2 Å². The van der Waals surface area contributed by atoms with E-state index in [1.807, 2.05) is 49.4 Å². The number of carbonyl (C=O) groups excluding carboxylic acids is 2. The summed E-state index contributed by atoms with van der Waals surface area (Å²) in [6, 6.07) is 19.4. The molecule has 10 heteroatoms. The largest absolute Gasteiger partial charge is 0.392 e. The van der Waals surface area contributed by atoms with E-state index >= 15 is 0 Å². The number of aliphatic hydroxyl groups is 1. The Bertz CT molecular complexity index is 1560. The number of rotatable bonds is 11. The zero-order chi connectivity index (χ0) is 31.1. The molecule has 1 unspecified atom stereocenters. The van der Waals surface area contributed by atoms with Gasteiger partial charge in [-0.1, -0.05) is 12.1 Å². The van der Waals surface area contributed by atoms with Crippen LogP contribution in [0, 0.1) is 0 Å². The number of aromatic nitrogens is 2. The number of likely N-dealkylation sites (tertiary alicyclic amines) is 1. The predicted octanol–water partition coefficient (Wildman–Crippen LogP) is 5.21. The fraction of sp³-hybridized carbons (Fsp3) is 0.382. The maximum atomic E-state index is 13.2. The number of methoxy groups -OCH3 is 1. The molecule has 1 aliphatic heterocycles. The van der Waals surface area contributed by atoms with Crippen LogP contribution in [0.15, 0.2) is 73.1 Å². The van der Waals surface area contributed by atoms with E-state index in [-0.39, 0.29) is 18.0 Å². The first-order valence-corrected chi connectivity index (χ1v) is 15.2. The zero-order valence-corrected chi connectivity index (χ0v) is 25.7. The molecule has 1 fully saturated rings. The van der Waals surface area contributed by atoms with Crippen LogP contribution >= 0.6 is 0 Å². The SMILES string of the molecule is CNC(=O)n1ccc2cc(N(CCCOC)c3ccnc(NC(=O)c4ccc(C5CCN(CC(C)O)CC5)cc4)c3)ccc21. The highest BCUT2D eigenvalue weighted by atomic mass is 16.5. The molecule has 0 saturated carbocycles. The second-order valence-electron chi connectivity index (χ2n) is 11.4. The fourth-order valence-electron chi connectivity index (χ4n) is 5.94. The van der Waals surface area contributed by atoms with E-state index in [9.17, 15) is 14.7 Å². The standard InChI is InChI=1S/C34H42N6O4/c1-24(41)23-38-17-12-26(13-18-38)25-5-7-27(8-6-25)33(42)37-32-22-30(11-15-36-32)39(16-4-20-44-3)29-9-10-31-28(21-29)14-19-40(31)34(43)35-2/h5-11,14-15,19,21-22,24,26,41H,4,12-13,16-18,20,23H2,1-3H3,(H,35,43)(H,36,37,42). The van der Waals surface area contributed by atoms with Crippen molar-refractivity contribution in [3.8, 4) is 0 Å². The summed E-state index contributed by atoms with van der Waals surface area (Å²) in [5, 5.41) is 16.2. The minimum Gasteiger partial charge on any atom is -0.392 e. The van der Waals surface area contributed by atoms with Crippen LogP contribution in [0.4, 0.5) is 22.0 Å². The van der Waals surface area contributed by atoms with Crippen molar-refractivity contribution in [2.45, 2.75) is 38.2 Å². The average molecular weight is 599 g/mol. The summed E-state index contributed by atoms with van der Waals surface area (Å²) in [5.41, 5.74) is 4.48. The molecule has 232 valence electrons. The van der Waals surface area contributed by atoms with Gasteiger partial charge in [-0.3, -0.25) is 9.36 Å². The number of carbonyl (C=O) groups is 2. The number of nitrogens with one attached hydrogen (secondary N) is 2. The molecule has 1 aliphatic rings. The van der Waals surface area contributed by atoms with Crippen molar-refractivity contribution in [1.82, 2.24) is 19.8 Å². The lowest BCUT2D eigenvalue weighted by Crippen LogP contribution is -2.37. The molecule has 0 bridgehead atoms. The minimum atomic E-state index is -0.308. The third-order valence-corrected chi connectivity index (χ3v) is 8.20. The van der Waals surface area contributed by atoms with E-state index in [0.29, 0.717) is 37.0 Å².